The second kappa shape index (κ2) is 4.33. The Morgan fingerprint density at radius 2 is 2.24 bits per heavy atom. The molecule has 1 heterocycles. The topological polar surface area (TPSA) is 57.6 Å². The third kappa shape index (κ3) is 2.24. The Labute approximate surface area is 102 Å². The fraction of sp³-hybridized carbons (Fsp3) is 0.273. The number of anilines is 1. The van der Waals surface area contributed by atoms with Crippen molar-refractivity contribution in [1.29, 1.82) is 0 Å². The molecule has 0 bridgehead atoms. The SMILES string of the molecule is O=C(O)[C@@H]1CC(=O)N(c2ccc(Cl)cc2F)C1. The van der Waals surface area contributed by atoms with E-state index in [0.29, 0.717) is 0 Å². The van der Waals surface area contributed by atoms with E-state index < -0.39 is 23.6 Å². The van der Waals surface area contributed by atoms with E-state index in [-0.39, 0.29) is 23.7 Å². The van der Waals surface area contributed by atoms with E-state index in [0.717, 1.165) is 11.0 Å². The molecule has 17 heavy (non-hydrogen) atoms. The summed E-state index contributed by atoms with van der Waals surface area (Å²) in [4.78, 5) is 23.5. The Kier molecular flexibility index (Phi) is 3.02. The zero-order valence-electron chi connectivity index (χ0n) is 8.69. The van der Waals surface area contributed by atoms with Crippen LogP contribution in [0, 0.1) is 11.7 Å². The van der Waals surface area contributed by atoms with Crippen LogP contribution in [0.25, 0.3) is 0 Å². The molecule has 4 nitrogen and oxygen atoms in total. The molecule has 6 heteroatoms. The standard InChI is InChI=1S/C11H9ClFNO3/c12-7-1-2-9(8(13)4-7)14-5-6(11(16)17)3-10(14)15/h1-2,4,6H,3,5H2,(H,16,17)/t6-/m1/s1. The lowest BCUT2D eigenvalue weighted by Gasteiger charge is -2.16. The normalized spacial score (nSPS) is 19.8. The first-order valence-corrected chi connectivity index (χ1v) is 5.35. The van der Waals surface area contributed by atoms with Crippen molar-refractivity contribution in [3.8, 4) is 0 Å². The Hall–Kier alpha value is -1.62. The average molecular weight is 258 g/mol. The predicted octanol–water partition coefficient (Wildman–Crippen LogP) is 1.92. The number of carboxylic acid groups (broad SMARTS) is 1. The summed E-state index contributed by atoms with van der Waals surface area (Å²) in [6, 6.07) is 3.93. The fourth-order valence-corrected chi connectivity index (χ4v) is 1.96. The van der Waals surface area contributed by atoms with E-state index in [1.165, 1.54) is 12.1 Å². The summed E-state index contributed by atoms with van der Waals surface area (Å²) in [5, 5.41) is 9.04. The van der Waals surface area contributed by atoms with Crippen molar-refractivity contribution < 1.29 is 19.1 Å². The lowest BCUT2D eigenvalue weighted by molar-refractivity contribution is -0.141. The van der Waals surface area contributed by atoms with Gasteiger partial charge in [0.15, 0.2) is 0 Å². The maximum absolute atomic E-state index is 13.6. The van der Waals surface area contributed by atoms with E-state index >= 15 is 0 Å². The summed E-state index contributed by atoms with van der Waals surface area (Å²) in [5.74, 6) is -2.84. The number of carbonyl (C=O) groups excluding carboxylic acids is 1. The van der Waals surface area contributed by atoms with Crippen LogP contribution in [0.1, 0.15) is 6.42 Å². The van der Waals surface area contributed by atoms with Crippen molar-refractivity contribution in [3.63, 3.8) is 0 Å². The second-order valence-corrected chi connectivity index (χ2v) is 4.28. The molecule has 1 aliphatic rings. The van der Waals surface area contributed by atoms with E-state index in [1.54, 1.807) is 0 Å². The molecule has 1 fully saturated rings. The Bertz CT molecular complexity index is 492. The first kappa shape index (κ1) is 11.9. The van der Waals surface area contributed by atoms with Crippen molar-refractivity contribution in [2.45, 2.75) is 6.42 Å². The highest BCUT2D eigenvalue weighted by Gasteiger charge is 2.36. The third-order valence-electron chi connectivity index (χ3n) is 2.67. The van der Waals surface area contributed by atoms with Crippen molar-refractivity contribution in [3.05, 3.63) is 29.0 Å². The van der Waals surface area contributed by atoms with Gasteiger partial charge in [0.1, 0.15) is 5.82 Å². The summed E-state index contributed by atoms with van der Waals surface area (Å²) in [7, 11) is 0. The molecular formula is C11H9ClFNO3. The average Bonchev–Trinajstić information content (AvgIpc) is 2.61. The molecule has 1 N–H and O–H groups in total. The van der Waals surface area contributed by atoms with Gasteiger partial charge in [0.05, 0.1) is 11.6 Å². The van der Waals surface area contributed by atoms with Crippen molar-refractivity contribution in [2.24, 2.45) is 5.92 Å². The quantitative estimate of drug-likeness (QED) is 0.881. The van der Waals surface area contributed by atoms with Crippen LogP contribution in [0.5, 0.6) is 0 Å². The Morgan fingerprint density at radius 3 is 2.76 bits per heavy atom. The number of aliphatic carboxylic acids is 1. The lowest BCUT2D eigenvalue weighted by atomic mass is 10.1. The van der Waals surface area contributed by atoms with Crippen LogP contribution in [0.2, 0.25) is 5.02 Å². The molecule has 1 aromatic carbocycles. The smallest absolute Gasteiger partial charge is 0.308 e. The number of carboxylic acids is 1. The number of rotatable bonds is 2. The molecule has 0 spiro atoms. The zero-order chi connectivity index (χ0) is 12.6. The molecule has 0 unspecified atom stereocenters. The van der Waals surface area contributed by atoms with Crippen LogP contribution in [0.3, 0.4) is 0 Å². The van der Waals surface area contributed by atoms with Crippen LogP contribution in [0.15, 0.2) is 18.2 Å². The summed E-state index contributed by atoms with van der Waals surface area (Å²) in [5.41, 5.74) is 0.0724. The zero-order valence-corrected chi connectivity index (χ0v) is 9.45. The predicted molar refractivity (Wildman–Crippen MR) is 59.5 cm³/mol. The van der Waals surface area contributed by atoms with Crippen LogP contribution < -0.4 is 4.90 Å². The number of nitrogens with zero attached hydrogens (tertiary/aromatic N) is 1. The highest BCUT2D eigenvalue weighted by atomic mass is 35.5. The van der Waals surface area contributed by atoms with Gasteiger partial charge >= 0.3 is 5.97 Å². The van der Waals surface area contributed by atoms with E-state index in [4.69, 9.17) is 16.7 Å². The van der Waals surface area contributed by atoms with Gasteiger partial charge in [0, 0.05) is 18.0 Å². The number of benzene rings is 1. The molecule has 0 aliphatic carbocycles. The maximum Gasteiger partial charge on any atom is 0.308 e. The van der Waals surface area contributed by atoms with Gasteiger partial charge in [-0.25, -0.2) is 4.39 Å². The largest absolute Gasteiger partial charge is 0.481 e. The van der Waals surface area contributed by atoms with Crippen LogP contribution in [0.4, 0.5) is 10.1 Å². The Morgan fingerprint density at radius 1 is 1.53 bits per heavy atom. The molecule has 1 saturated heterocycles. The summed E-state index contributed by atoms with van der Waals surface area (Å²) < 4.78 is 13.6. The van der Waals surface area contributed by atoms with Gasteiger partial charge in [-0.2, -0.15) is 0 Å². The van der Waals surface area contributed by atoms with Crippen molar-refractivity contribution in [1.82, 2.24) is 0 Å². The van der Waals surface area contributed by atoms with E-state index in [2.05, 4.69) is 0 Å². The number of hydrogen-bond acceptors (Lipinski definition) is 2. The van der Waals surface area contributed by atoms with Gasteiger partial charge in [0.25, 0.3) is 0 Å². The minimum atomic E-state index is -1.05. The first-order valence-electron chi connectivity index (χ1n) is 4.97. The second-order valence-electron chi connectivity index (χ2n) is 3.84. The number of hydrogen-bond donors (Lipinski definition) is 1. The van der Waals surface area contributed by atoms with Gasteiger partial charge in [0.2, 0.25) is 5.91 Å². The Balaban J connectivity index is 2.29. The molecule has 0 aromatic heterocycles. The van der Waals surface area contributed by atoms with Gasteiger partial charge in [-0.15, -0.1) is 0 Å². The number of amides is 1. The van der Waals surface area contributed by atoms with Gasteiger partial charge in [-0.3, -0.25) is 9.59 Å². The van der Waals surface area contributed by atoms with E-state index in [1.807, 2.05) is 0 Å². The molecule has 0 saturated carbocycles. The van der Waals surface area contributed by atoms with Crippen LogP contribution in [-0.4, -0.2) is 23.5 Å². The van der Waals surface area contributed by atoms with Crippen LogP contribution >= 0.6 is 11.6 Å². The van der Waals surface area contributed by atoms with E-state index in [9.17, 15) is 14.0 Å². The fourth-order valence-electron chi connectivity index (χ4n) is 1.81. The molecule has 90 valence electrons. The molecule has 1 amide bonds. The third-order valence-corrected chi connectivity index (χ3v) is 2.91. The molecule has 1 atom stereocenters. The van der Waals surface area contributed by atoms with Crippen molar-refractivity contribution >= 4 is 29.2 Å². The highest BCUT2D eigenvalue weighted by Crippen LogP contribution is 2.29. The molecule has 1 aliphatic heterocycles. The van der Waals surface area contributed by atoms with Crippen LogP contribution in [-0.2, 0) is 9.59 Å². The molecule has 2 rings (SSSR count). The molecule has 1 aromatic rings. The van der Waals surface area contributed by atoms with Gasteiger partial charge in [-0.1, -0.05) is 11.6 Å². The van der Waals surface area contributed by atoms with Gasteiger partial charge in [-0.05, 0) is 18.2 Å². The first-order chi connectivity index (χ1) is 7.99. The summed E-state index contributed by atoms with van der Waals surface area (Å²) in [6.45, 7) is -0.00722. The minimum Gasteiger partial charge on any atom is -0.481 e. The minimum absolute atomic E-state index is 0.00722. The summed E-state index contributed by atoms with van der Waals surface area (Å²) in [6.07, 6.45) is -0.0998. The number of halogens is 2. The van der Waals surface area contributed by atoms with Gasteiger partial charge < -0.3 is 10.0 Å². The summed E-state index contributed by atoms with van der Waals surface area (Å²) >= 11 is 5.60. The molecular weight excluding hydrogens is 249 g/mol. The monoisotopic (exact) mass is 257 g/mol. The van der Waals surface area contributed by atoms with Crippen molar-refractivity contribution in [2.75, 3.05) is 11.4 Å². The molecule has 0 radical (unpaired) electrons. The lowest BCUT2D eigenvalue weighted by Crippen LogP contribution is -2.26. The highest BCUT2D eigenvalue weighted by molar-refractivity contribution is 6.30. The maximum atomic E-state index is 13.6. The number of carbonyl (C=O) groups is 2.